The molecular weight excluding hydrogens is 240 g/mol. The molecule has 94 valence electrons. The number of hydrogen-bond donors (Lipinski definition) is 0. The Kier molecular flexibility index (Phi) is 3.76. The Bertz CT molecular complexity index is 419. The second-order valence-electron chi connectivity index (χ2n) is 4.08. The maximum Gasteiger partial charge on any atom is 0.349 e. The van der Waals surface area contributed by atoms with Crippen LogP contribution in [-0.4, -0.2) is 49.7 Å². The van der Waals surface area contributed by atoms with Crippen LogP contribution in [0.3, 0.4) is 0 Å². The number of nitrogens with zero attached hydrogens (tertiary/aromatic N) is 2. The van der Waals surface area contributed by atoms with Gasteiger partial charge in [0.25, 0.3) is 0 Å². The summed E-state index contributed by atoms with van der Waals surface area (Å²) in [5, 5.41) is 0.856. The van der Waals surface area contributed by atoms with Crippen LogP contribution in [-0.2, 0) is 9.47 Å². The summed E-state index contributed by atoms with van der Waals surface area (Å²) in [7, 11) is 3.43. The molecule has 0 aliphatic carbocycles. The molecule has 1 saturated heterocycles. The molecule has 1 unspecified atom stereocenters. The molecule has 1 aliphatic rings. The molecule has 0 saturated carbocycles. The van der Waals surface area contributed by atoms with Gasteiger partial charge < -0.3 is 14.4 Å². The van der Waals surface area contributed by atoms with E-state index < -0.39 is 0 Å². The zero-order valence-electron chi connectivity index (χ0n) is 10.2. The van der Waals surface area contributed by atoms with E-state index in [2.05, 4.69) is 16.9 Å². The summed E-state index contributed by atoms with van der Waals surface area (Å²) in [5.41, 5.74) is 0.716. The van der Waals surface area contributed by atoms with Crippen LogP contribution in [0.2, 0.25) is 0 Å². The van der Waals surface area contributed by atoms with Crippen molar-refractivity contribution in [2.24, 2.45) is 0 Å². The third kappa shape index (κ3) is 2.65. The van der Waals surface area contributed by atoms with Gasteiger partial charge in [-0.2, -0.15) is 0 Å². The lowest BCUT2D eigenvalue weighted by atomic mass is 10.3. The zero-order valence-corrected chi connectivity index (χ0v) is 11.0. The van der Waals surface area contributed by atoms with Gasteiger partial charge in [0.15, 0.2) is 0 Å². The van der Waals surface area contributed by atoms with E-state index in [1.165, 1.54) is 18.4 Å². The minimum absolute atomic E-state index is 0.0316. The van der Waals surface area contributed by atoms with Crippen LogP contribution in [0.25, 0.3) is 0 Å². The van der Waals surface area contributed by atoms with Crippen LogP contribution in [0.4, 0.5) is 0 Å². The highest BCUT2D eigenvalue weighted by atomic mass is 32.1. The molecule has 6 heteroatoms. The number of aromatic nitrogens is 1. The molecule has 1 aromatic rings. The standard InChI is InChI=1S/C11H16N2O3S/c1-7-9(11(14)15-3)17-10(12-7)8-6-13(2)4-5-16-8/h8H,4-6H2,1-3H3. The number of aryl methyl sites for hydroxylation is 1. The molecule has 0 amide bonds. The first-order valence-electron chi connectivity index (χ1n) is 5.47. The molecule has 2 rings (SSSR count). The normalized spacial score (nSPS) is 21.5. The van der Waals surface area contributed by atoms with Gasteiger partial charge in [0.1, 0.15) is 16.0 Å². The third-order valence-corrected chi connectivity index (χ3v) is 3.96. The topological polar surface area (TPSA) is 51.7 Å². The molecule has 1 aliphatic heterocycles. The predicted octanol–water partition coefficient (Wildman–Crippen LogP) is 1.24. The lowest BCUT2D eigenvalue weighted by Gasteiger charge is -2.28. The number of morpholine rings is 1. The van der Waals surface area contributed by atoms with Crippen LogP contribution >= 0.6 is 11.3 Å². The number of esters is 1. The number of methoxy groups -OCH3 is 1. The van der Waals surface area contributed by atoms with Crippen LogP contribution < -0.4 is 0 Å². The molecule has 0 radical (unpaired) electrons. The fourth-order valence-electron chi connectivity index (χ4n) is 1.76. The van der Waals surface area contributed by atoms with Crippen molar-refractivity contribution < 1.29 is 14.3 Å². The smallest absolute Gasteiger partial charge is 0.349 e. The van der Waals surface area contributed by atoms with Crippen molar-refractivity contribution in [3.05, 3.63) is 15.6 Å². The average molecular weight is 256 g/mol. The predicted molar refractivity (Wildman–Crippen MR) is 64.4 cm³/mol. The van der Waals surface area contributed by atoms with E-state index in [1.54, 1.807) is 0 Å². The highest BCUT2D eigenvalue weighted by Gasteiger charge is 2.25. The minimum atomic E-state index is -0.324. The number of carbonyl (C=O) groups is 1. The number of thiazole rings is 1. The zero-order chi connectivity index (χ0) is 12.4. The molecular formula is C11H16N2O3S. The van der Waals surface area contributed by atoms with Gasteiger partial charge in [-0.15, -0.1) is 11.3 Å². The largest absolute Gasteiger partial charge is 0.465 e. The number of likely N-dealkylation sites (N-methyl/N-ethyl adjacent to an activating group) is 1. The summed E-state index contributed by atoms with van der Waals surface area (Å²) in [5.74, 6) is -0.324. The SMILES string of the molecule is COC(=O)c1sc(C2CN(C)CCO2)nc1C. The Hall–Kier alpha value is -0.980. The van der Waals surface area contributed by atoms with Crippen molar-refractivity contribution in [3.63, 3.8) is 0 Å². The van der Waals surface area contributed by atoms with Gasteiger partial charge in [-0.05, 0) is 14.0 Å². The first-order valence-corrected chi connectivity index (χ1v) is 6.29. The van der Waals surface area contributed by atoms with Crippen molar-refractivity contribution >= 4 is 17.3 Å². The second-order valence-corrected chi connectivity index (χ2v) is 5.11. The Balaban J connectivity index is 2.19. The highest BCUT2D eigenvalue weighted by Crippen LogP contribution is 2.28. The van der Waals surface area contributed by atoms with E-state index in [1.807, 2.05) is 6.92 Å². The monoisotopic (exact) mass is 256 g/mol. The van der Waals surface area contributed by atoms with Crippen molar-refractivity contribution in [1.29, 1.82) is 0 Å². The van der Waals surface area contributed by atoms with E-state index in [4.69, 9.17) is 9.47 Å². The van der Waals surface area contributed by atoms with Gasteiger partial charge in [0.2, 0.25) is 0 Å². The van der Waals surface area contributed by atoms with Gasteiger partial charge in [0.05, 0.1) is 19.4 Å². The molecule has 0 aromatic carbocycles. The van der Waals surface area contributed by atoms with Crippen LogP contribution in [0.1, 0.15) is 26.5 Å². The van der Waals surface area contributed by atoms with Crippen LogP contribution in [0, 0.1) is 6.92 Å². The number of hydrogen-bond acceptors (Lipinski definition) is 6. The van der Waals surface area contributed by atoms with Gasteiger partial charge in [-0.1, -0.05) is 0 Å². The highest BCUT2D eigenvalue weighted by molar-refractivity contribution is 7.13. The molecule has 0 bridgehead atoms. The van der Waals surface area contributed by atoms with Gasteiger partial charge in [-0.3, -0.25) is 0 Å². The van der Waals surface area contributed by atoms with Crippen molar-refractivity contribution in [2.45, 2.75) is 13.0 Å². The number of ether oxygens (including phenoxy) is 2. The summed E-state index contributed by atoms with van der Waals surface area (Å²) in [6, 6.07) is 0. The Labute approximate surface area is 104 Å². The van der Waals surface area contributed by atoms with E-state index in [0.717, 1.165) is 18.1 Å². The van der Waals surface area contributed by atoms with Gasteiger partial charge in [-0.25, -0.2) is 9.78 Å². The maximum atomic E-state index is 11.5. The molecule has 0 N–H and O–H groups in total. The van der Waals surface area contributed by atoms with Crippen molar-refractivity contribution in [3.8, 4) is 0 Å². The molecule has 2 heterocycles. The molecule has 17 heavy (non-hydrogen) atoms. The quantitative estimate of drug-likeness (QED) is 0.745. The van der Waals surface area contributed by atoms with Gasteiger partial charge >= 0.3 is 5.97 Å². The van der Waals surface area contributed by atoms with Crippen LogP contribution in [0.15, 0.2) is 0 Å². The average Bonchev–Trinajstić information content (AvgIpc) is 2.70. The van der Waals surface area contributed by atoms with Gasteiger partial charge in [0, 0.05) is 13.1 Å². The second kappa shape index (κ2) is 5.12. The van der Waals surface area contributed by atoms with E-state index >= 15 is 0 Å². The molecule has 1 fully saturated rings. The number of carbonyl (C=O) groups excluding carboxylic acids is 1. The van der Waals surface area contributed by atoms with Crippen molar-refractivity contribution in [2.75, 3.05) is 33.9 Å². The summed E-state index contributed by atoms with van der Waals surface area (Å²) >= 11 is 1.36. The summed E-state index contributed by atoms with van der Waals surface area (Å²) in [6.45, 7) is 4.27. The third-order valence-electron chi connectivity index (χ3n) is 2.73. The van der Waals surface area contributed by atoms with E-state index in [9.17, 15) is 4.79 Å². The van der Waals surface area contributed by atoms with E-state index in [-0.39, 0.29) is 12.1 Å². The maximum absolute atomic E-state index is 11.5. The number of rotatable bonds is 2. The fourth-order valence-corrected chi connectivity index (χ4v) is 2.79. The summed E-state index contributed by atoms with van der Waals surface area (Å²) < 4.78 is 10.4. The molecule has 0 spiro atoms. The fraction of sp³-hybridized carbons (Fsp3) is 0.636. The Morgan fingerprint density at radius 2 is 2.41 bits per heavy atom. The first-order chi connectivity index (χ1) is 8.11. The Morgan fingerprint density at radius 1 is 1.65 bits per heavy atom. The van der Waals surface area contributed by atoms with Crippen LogP contribution in [0.5, 0.6) is 0 Å². The van der Waals surface area contributed by atoms with E-state index in [0.29, 0.717) is 17.2 Å². The van der Waals surface area contributed by atoms with Crippen molar-refractivity contribution in [1.82, 2.24) is 9.88 Å². The Morgan fingerprint density at radius 3 is 3.06 bits per heavy atom. The first kappa shape index (κ1) is 12.5. The summed E-state index contributed by atoms with van der Waals surface area (Å²) in [6.07, 6.45) is -0.0316. The lowest BCUT2D eigenvalue weighted by molar-refractivity contribution is -0.0210. The minimum Gasteiger partial charge on any atom is -0.465 e. The molecule has 5 nitrogen and oxygen atoms in total. The lowest BCUT2D eigenvalue weighted by Crippen LogP contribution is -2.35. The summed E-state index contributed by atoms with van der Waals surface area (Å²) in [4.78, 5) is 18.7. The molecule has 1 aromatic heterocycles. The molecule has 1 atom stereocenters.